The van der Waals surface area contributed by atoms with Gasteiger partial charge in [-0.1, -0.05) is 24.0 Å². The number of thiocarbonyl (C=S) groups is 1. The fourth-order valence-electron chi connectivity index (χ4n) is 1.68. The number of anilines is 2. The minimum Gasteiger partial charge on any atom is -0.503 e. The second-order valence-electron chi connectivity index (χ2n) is 3.95. The fraction of sp³-hybridized carbons (Fsp3) is 0.154. The number of benzene rings is 1. The van der Waals surface area contributed by atoms with Crippen molar-refractivity contribution in [2.75, 3.05) is 17.3 Å². The van der Waals surface area contributed by atoms with Gasteiger partial charge in [0, 0.05) is 12.6 Å². The number of hydrogen-bond donors (Lipinski definition) is 1. The molecule has 1 N–H and O–H groups in total. The molecular weight excluding hydrogens is 296 g/mol. The van der Waals surface area contributed by atoms with E-state index in [-0.39, 0.29) is 11.8 Å². The highest BCUT2D eigenvalue weighted by molar-refractivity contribution is 8.27. The Bertz CT molecular complexity index is 596. The Labute approximate surface area is 126 Å². The van der Waals surface area contributed by atoms with Crippen LogP contribution in [0.2, 0.25) is 0 Å². The Kier molecular flexibility index (Phi) is 4.41. The Balaban J connectivity index is 2.23. The van der Waals surface area contributed by atoms with Crippen LogP contribution in [-0.2, 0) is 14.3 Å². The third-order valence-electron chi connectivity index (χ3n) is 2.46. The van der Waals surface area contributed by atoms with E-state index in [9.17, 15) is 9.59 Å². The molecule has 0 aromatic heterocycles. The SMILES string of the molecule is CO/C=C1\SC(=S)N(c2ccc(NC(C)=O)cc2)C1=O. The first-order chi connectivity index (χ1) is 9.52. The van der Waals surface area contributed by atoms with Crippen molar-refractivity contribution >= 4 is 51.5 Å². The summed E-state index contributed by atoms with van der Waals surface area (Å²) < 4.78 is 5.30. The molecule has 20 heavy (non-hydrogen) atoms. The molecule has 1 heterocycles. The lowest BCUT2D eigenvalue weighted by molar-refractivity contribution is -0.114. The highest BCUT2D eigenvalue weighted by Crippen LogP contribution is 2.35. The summed E-state index contributed by atoms with van der Waals surface area (Å²) in [5.41, 5.74) is 1.32. The highest BCUT2D eigenvalue weighted by Gasteiger charge is 2.33. The van der Waals surface area contributed by atoms with Gasteiger partial charge in [-0.25, -0.2) is 0 Å². The molecule has 1 aromatic rings. The summed E-state index contributed by atoms with van der Waals surface area (Å²) >= 11 is 6.39. The van der Waals surface area contributed by atoms with E-state index in [0.29, 0.717) is 20.6 Å². The number of hydrogen-bond acceptors (Lipinski definition) is 5. The number of methoxy groups -OCH3 is 1. The maximum absolute atomic E-state index is 12.2. The molecule has 0 radical (unpaired) electrons. The van der Waals surface area contributed by atoms with Crippen molar-refractivity contribution in [1.29, 1.82) is 0 Å². The smallest absolute Gasteiger partial charge is 0.273 e. The summed E-state index contributed by atoms with van der Waals surface area (Å²) in [7, 11) is 1.48. The van der Waals surface area contributed by atoms with Gasteiger partial charge in [-0.2, -0.15) is 0 Å². The number of carbonyl (C=O) groups is 2. The molecule has 104 valence electrons. The van der Waals surface area contributed by atoms with Gasteiger partial charge in [0.15, 0.2) is 4.32 Å². The van der Waals surface area contributed by atoms with Crippen LogP contribution in [0.25, 0.3) is 0 Å². The van der Waals surface area contributed by atoms with Gasteiger partial charge in [-0.3, -0.25) is 14.5 Å². The number of amides is 2. The maximum atomic E-state index is 12.2. The lowest BCUT2D eigenvalue weighted by Gasteiger charge is -2.15. The third-order valence-corrected chi connectivity index (χ3v) is 3.75. The molecule has 2 amide bonds. The Morgan fingerprint density at radius 2 is 2.05 bits per heavy atom. The topological polar surface area (TPSA) is 58.6 Å². The monoisotopic (exact) mass is 308 g/mol. The summed E-state index contributed by atoms with van der Waals surface area (Å²) in [6, 6.07) is 6.89. The first kappa shape index (κ1) is 14.5. The zero-order valence-electron chi connectivity index (χ0n) is 10.9. The fourth-order valence-corrected chi connectivity index (χ4v) is 2.93. The van der Waals surface area contributed by atoms with E-state index in [0.717, 1.165) is 0 Å². The number of nitrogens with one attached hydrogen (secondary N) is 1. The van der Waals surface area contributed by atoms with Gasteiger partial charge in [-0.05, 0) is 24.3 Å². The van der Waals surface area contributed by atoms with E-state index < -0.39 is 0 Å². The maximum Gasteiger partial charge on any atom is 0.273 e. The standard InChI is InChI=1S/C13H12N2O3S2/c1-8(16)14-9-3-5-10(6-4-9)15-12(17)11(7-18-2)20-13(15)19/h3-7H,1-2H3,(H,14,16)/b11-7-. The molecule has 0 bridgehead atoms. The van der Waals surface area contributed by atoms with E-state index in [1.54, 1.807) is 24.3 Å². The lowest BCUT2D eigenvalue weighted by Crippen LogP contribution is -2.27. The van der Waals surface area contributed by atoms with Crippen molar-refractivity contribution in [2.24, 2.45) is 0 Å². The van der Waals surface area contributed by atoms with E-state index in [4.69, 9.17) is 17.0 Å². The van der Waals surface area contributed by atoms with Crippen molar-refractivity contribution < 1.29 is 14.3 Å². The molecule has 0 spiro atoms. The van der Waals surface area contributed by atoms with E-state index in [1.807, 2.05) is 0 Å². The lowest BCUT2D eigenvalue weighted by atomic mass is 10.2. The van der Waals surface area contributed by atoms with Crippen LogP contribution >= 0.6 is 24.0 Å². The van der Waals surface area contributed by atoms with Gasteiger partial charge in [-0.15, -0.1) is 0 Å². The van der Waals surface area contributed by atoms with Crippen molar-refractivity contribution in [3.63, 3.8) is 0 Å². The van der Waals surface area contributed by atoms with E-state index >= 15 is 0 Å². The van der Waals surface area contributed by atoms with Crippen LogP contribution < -0.4 is 10.2 Å². The molecule has 1 aromatic carbocycles. The molecule has 1 saturated heterocycles. The second-order valence-corrected chi connectivity index (χ2v) is 5.63. The average molecular weight is 308 g/mol. The number of ether oxygens (including phenoxy) is 1. The predicted octanol–water partition coefficient (Wildman–Crippen LogP) is 2.50. The van der Waals surface area contributed by atoms with Crippen molar-refractivity contribution in [3.05, 3.63) is 35.4 Å². The number of rotatable bonds is 3. The van der Waals surface area contributed by atoms with Gasteiger partial charge in [0.1, 0.15) is 11.2 Å². The van der Waals surface area contributed by atoms with Crippen LogP contribution in [0.3, 0.4) is 0 Å². The number of carbonyl (C=O) groups excluding carboxylic acids is 2. The van der Waals surface area contributed by atoms with Crippen LogP contribution in [0.15, 0.2) is 35.4 Å². The minimum absolute atomic E-state index is 0.147. The Hall–Kier alpha value is -1.86. The summed E-state index contributed by atoms with van der Waals surface area (Å²) in [6.45, 7) is 1.44. The van der Waals surface area contributed by atoms with Gasteiger partial charge in [0.05, 0.1) is 12.8 Å². The van der Waals surface area contributed by atoms with Crippen molar-refractivity contribution in [3.8, 4) is 0 Å². The highest BCUT2D eigenvalue weighted by atomic mass is 32.2. The molecule has 0 unspecified atom stereocenters. The van der Waals surface area contributed by atoms with E-state index in [1.165, 1.54) is 37.0 Å². The largest absolute Gasteiger partial charge is 0.503 e. The molecule has 0 atom stereocenters. The van der Waals surface area contributed by atoms with Gasteiger partial charge < -0.3 is 10.1 Å². The predicted molar refractivity (Wildman–Crippen MR) is 83.5 cm³/mol. The van der Waals surface area contributed by atoms with Crippen LogP contribution in [0, 0.1) is 0 Å². The number of nitrogens with zero attached hydrogens (tertiary/aromatic N) is 1. The average Bonchev–Trinajstić information content (AvgIpc) is 2.66. The zero-order chi connectivity index (χ0) is 14.7. The van der Waals surface area contributed by atoms with Gasteiger partial charge in [0.2, 0.25) is 5.91 Å². The Morgan fingerprint density at radius 1 is 1.40 bits per heavy atom. The molecule has 2 rings (SSSR count). The zero-order valence-corrected chi connectivity index (χ0v) is 12.5. The van der Waals surface area contributed by atoms with Gasteiger partial charge in [0.25, 0.3) is 5.91 Å². The van der Waals surface area contributed by atoms with Crippen LogP contribution in [0.4, 0.5) is 11.4 Å². The number of thioether (sulfide) groups is 1. The summed E-state index contributed by atoms with van der Waals surface area (Å²) in [6.07, 6.45) is 1.38. The first-order valence-electron chi connectivity index (χ1n) is 5.70. The molecule has 1 fully saturated rings. The molecule has 1 aliphatic rings. The van der Waals surface area contributed by atoms with Crippen molar-refractivity contribution in [1.82, 2.24) is 0 Å². The second kappa shape index (κ2) is 6.06. The third kappa shape index (κ3) is 3.00. The molecule has 5 nitrogen and oxygen atoms in total. The summed E-state index contributed by atoms with van der Waals surface area (Å²) in [5, 5.41) is 2.66. The quantitative estimate of drug-likeness (QED) is 0.528. The van der Waals surface area contributed by atoms with Gasteiger partial charge >= 0.3 is 0 Å². The molecule has 7 heteroatoms. The molecule has 0 aliphatic carbocycles. The van der Waals surface area contributed by atoms with Crippen molar-refractivity contribution in [2.45, 2.75) is 6.92 Å². The molecule has 1 aliphatic heterocycles. The van der Waals surface area contributed by atoms with Crippen LogP contribution in [0.5, 0.6) is 0 Å². The van der Waals surface area contributed by atoms with Crippen LogP contribution in [-0.4, -0.2) is 23.2 Å². The Morgan fingerprint density at radius 3 is 2.60 bits per heavy atom. The minimum atomic E-state index is -0.214. The van der Waals surface area contributed by atoms with E-state index in [2.05, 4.69) is 5.32 Å². The molecular formula is C13H12N2O3S2. The first-order valence-corrected chi connectivity index (χ1v) is 6.92. The van der Waals surface area contributed by atoms with Crippen LogP contribution in [0.1, 0.15) is 6.92 Å². The summed E-state index contributed by atoms with van der Waals surface area (Å²) in [5.74, 6) is -0.361. The normalized spacial score (nSPS) is 16.7. The summed E-state index contributed by atoms with van der Waals surface area (Å²) in [4.78, 5) is 25.0. The molecule has 0 saturated carbocycles.